The average molecular weight is 307 g/mol. The summed E-state index contributed by atoms with van der Waals surface area (Å²) in [7, 11) is 1.92. The summed E-state index contributed by atoms with van der Waals surface area (Å²) < 4.78 is 1.05. The van der Waals surface area contributed by atoms with E-state index in [0.717, 1.165) is 28.7 Å². The number of rotatable bonds is 5. The average Bonchev–Trinajstić information content (AvgIpc) is 2.41. The molecular formula is C13H15BrN4. The van der Waals surface area contributed by atoms with Crippen molar-refractivity contribution in [1.82, 2.24) is 15.3 Å². The fourth-order valence-electron chi connectivity index (χ4n) is 1.55. The molecule has 0 aliphatic rings. The minimum atomic E-state index is 0.654. The molecular weight excluding hydrogens is 292 g/mol. The van der Waals surface area contributed by atoms with Gasteiger partial charge in [0.25, 0.3) is 0 Å². The minimum Gasteiger partial charge on any atom is -0.353 e. The lowest BCUT2D eigenvalue weighted by molar-refractivity contribution is 0.817. The number of aromatic nitrogens is 2. The monoisotopic (exact) mass is 306 g/mol. The predicted molar refractivity (Wildman–Crippen MR) is 77.6 cm³/mol. The van der Waals surface area contributed by atoms with Crippen molar-refractivity contribution in [1.29, 1.82) is 0 Å². The zero-order valence-electron chi connectivity index (χ0n) is 10.2. The molecule has 0 radical (unpaired) electrons. The quantitative estimate of drug-likeness (QED) is 0.834. The Labute approximate surface area is 115 Å². The van der Waals surface area contributed by atoms with Crippen LogP contribution in [-0.2, 0) is 0 Å². The van der Waals surface area contributed by atoms with Crippen LogP contribution in [0, 0.1) is 0 Å². The maximum Gasteiger partial charge on any atom is 0.222 e. The van der Waals surface area contributed by atoms with E-state index in [0.29, 0.717) is 5.95 Å². The molecule has 0 spiro atoms. The molecule has 2 rings (SSSR count). The van der Waals surface area contributed by atoms with Gasteiger partial charge in [0.1, 0.15) is 0 Å². The summed E-state index contributed by atoms with van der Waals surface area (Å²) in [5.41, 5.74) is 2.10. The summed E-state index contributed by atoms with van der Waals surface area (Å²) in [6.45, 7) is 1.69. The van der Waals surface area contributed by atoms with Gasteiger partial charge in [0, 0.05) is 35.5 Å². The number of benzene rings is 1. The van der Waals surface area contributed by atoms with Crippen LogP contribution in [0.1, 0.15) is 0 Å². The fourth-order valence-corrected chi connectivity index (χ4v) is 2.07. The number of halogens is 1. The third-order valence-electron chi connectivity index (χ3n) is 2.49. The molecule has 94 valence electrons. The Bertz CT molecular complexity index is 499. The fraction of sp³-hybridized carbons (Fsp3) is 0.231. The molecule has 5 heteroatoms. The van der Waals surface area contributed by atoms with E-state index in [4.69, 9.17) is 0 Å². The summed E-state index contributed by atoms with van der Waals surface area (Å²) in [5.74, 6) is 0.654. The summed E-state index contributed by atoms with van der Waals surface area (Å²) in [6, 6.07) is 8.03. The van der Waals surface area contributed by atoms with Gasteiger partial charge in [-0.25, -0.2) is 9.97 Å². The van der Waals surface area contributed by atoms with Gasteiger partial charge in [0.2, 0.25) is 5.95 Å². The number of hydrogen-bond acceptors (Lipinski definition) is 4. The number of anilines is 1. The van der Waals surface area contributed by atoms with Crippen molar-refractivity contribution in [2.45, 2.75) is 0 Å². The Morgan fingerprint density at radius 2 is 1.83 bits per heavy atom. The smallest absolute Gasteiger partial charge is 0.222 e. The van der Waals surface area contributed by atoms with Gasteiger partial charge in [-0.15, -0.1) is 0 Å². The Morgan fingerprint density at radius 3 is 2.50 bits per heavy atom. The first-order valence-electron chi connectivity index (χ1n) is 5.76. The highest BCUT2D eigenvalue weighted by atomic mass is 79.9. The van der Waals surface area contributed by atoms with E-state index in [-0.39, 0.29) is 0 Å². The number of likely N-dealkylation sites (N-methyl/N-ethyl adjacent to an activating group) is 1. The molecule has 0 fully saturated rings. The van der Waals surface area contributed by atoms with Crippen LogP contribution in [0.4, 0.5) is 5.95 Å². The molecule has 0 aliphatic carbocycles. The normalized spacial score (nSPS) is 10.3. The molecule has 0 bridgehead atoms. The number of nitrogens with zero attached hydrogens (tertiary/aromatic N) is 2. The zero-order valence-corrected chi connectivity index (χ0v) is 11.7. The first kappa shape index (κ1) is 13.0. The Morgan fingerprint density at radius 1 is 1.11 bits per heavy atom. The van der Waals surface area contributed by atoms with Crippen molar-refractivity contribution in [3.05, 3.63) is 41.1 Å². The van der Waals surface area contributed by atoms with E-state index in [1.54, 1.807) is 0 Å². The van der Waals surface area contributed by atoms with Gasteiger partial charge in [0.05, 0.1) is 0 Å². The van der Waals surface area contributed by atoms with Crippen molar-refractivity contribution in [2.24, 2.45) is 0 Å². The van der Waals surface area contributed by atoms with E-state index in [1.165, 1.54) is 0 Å². The molecule has 1 aromatic heterocycles. The third-order valence-corrected chi connectivity index (χ3v) is 3.19. The van der Waals surface area contributed by atoms with Crippen molar-refractivity contribution < 1.29 is 0 Å². The van der Waals surface area contributed by atoms with Crippen molar-refractivity contribution in [3.63, 3.8) is 0 Å². The van der Waals surface area contributed by atoms with Crippen LogP contribution < -0.4 is 10.6 Å². The van der Waals surface area contributed by atoms with Gasteiger partial charge in [0.15, 0.2) is 0 Å². The highest BCUT2D eigenvalue weighted by Gasteiger charge is 2.03. The third kappa shape index (κ3) is 3.27. The molecule has 1 heterocycles. The lowest BCUT2D eigenvalue weighted by Crippen LogP contribution is -2.18. The molecule has 0 unspecified atom stereocenters. The second-order valence-electron chi connectivity index (χ2n) is 3.81. The standard InChI is InChI=1S/C13H15BrN4/c1-15-6-7-16-13-17-8-10(9-18-13)11-4-2-3-5-12(11)14/h2-5,8-9,15H,6-7H2,1H3,(H,16,17,18). The molecule has 2 N–H and O–H groups in total. The summed E-state index contributed by atoms with van der Waals surface area (Å²) in [5, 5.41) is 6.20. The number of hydrogen-bond donors (Lipinski definition) is 2. The molecule has 0 amide bonds. The first-order chi connectivity index (χ1) is 8.81. The predicted octanol–water partition coefficient (Wildman–Crippen LogP) is 2.54. The number of nitrogens with one attached hydrogen (secondary N) is 2. The largest absolute Gasteiger partial charge is 0.353 e. The molecule has 0 atom stereocenters. The van der Waals surface area contributed by atoms with Crippen LogP contribution >= 0.6 is 15.9 Å². The Balaban J connectivity index is 2.10. The van der Waals surface area contributed by atoms with Crippen LogP contribution in [0.3, 0.4) is 0 Å². The van der Waals surface area contributed by atoms with E-state index in [1.807, 2.05) is 43.7 Å². The lowest BCUT2D eigenvalue weighted by Gasteiger charge is -2.06. The minimum absolute atomic E-state index is 0.654. The van der Waals surface area contributed by atoms with Crippen molar-refractivity contribution in [2.75, 3.05) is 25.5 Å². The zero-order chi connectivity index (χ0) is 12.8. The van der Waals surface area contributed by atoms with Gasteiger partial charge in [-0.05, 0) is 18.7 Å². The SMILES string of the molecule is CNCCNc1ncc(-c2ccccc2Br)cn1. The van der Waals surface area contributed by atoms with Gasteiger partial charge in [-0.2, -0.15) is 0 Å². The summed E-state index contributed by atoms with van der Waals surface area (Å²) in [4.78, 5) is 8.59. The molecule has 1 aromatic carbocycles. The second kappa shape index (κ2) is 6.47. The topological polar surface area (TPSA) is 49.8 Å². The van der Waals surface area contributed by atoms with E-state index < -0.39 is 0 Å². The highest BCUT2D eigenvalue weighted by Crippen LogP contribution is 2.26. The lowest BCUT2D eigenvalue weighted by atomic mass is 10.1. The first-order valence-corrected chi connectivity index (χ1v) is 6.56. The molecule has 0 saturated carbocycles. The van der Waals surface area contributed by atoms with Crippen LogP contribution in [0.15, 0.2) is 41.1 Å². The Kier molecular flexibility index (Phi) is 4.66. The summed E-state index contributed by atoms with van der Waals surface area (Å²) in [6.07, 6.45) is 3.66. The maximum absolute atomic E-state index is 4.30. The van der Waals surface area contributed by atoms with E-state index >= 15 is 0 Å². The molecule has 2 aromatic rings. The van der Waals surface area contributed by atoms with Crippen molar-refractivity contribution >= 4 is 21.9 Å². The van der Waals surface area contributed by atoms with Crippen molar-refractivity contribution in [3.8, 4) is 11.1 Å². The van der Waals surface area contributed by atoms with Gasteiger partial charge < -0.3 is 10.6 Å². The van der Waals surface area contributed by atoms with Gasteiger partial charge in [-0.3, -0.25) is 0 Å². The van der Waals surface area contributed by atoms with Gasteiger partial charge in [-0.1, -0.05) is 34.1 Å². The molecule has 18 heavy (non-hydrogen) atoms. The van der Waals surface area contributed by atoms with E-state index in [9.17, 15) is 0 Å². The highest BCUT2D eigenvalue weighted by molar-refractivity contribution is 9.10. The summed E-state index contributed by atoms with van der Waals surface area (Å²) >= 11 is 3.52. The van der Waals surface area contributed by atoms with Crippen LogP contribution in [0.5, 0.6) is 0 Å². The van der Waals surface area contributed by atoms with E-state index in [2.05, 4.69) is 36.5 Å². The van der Waals surface area contributed by atoms with Crippen LogP contribution in [-0.4, -0.2) is 30.1 Å². The molecule has 0 aliphatic heterocycles. The Hall–Kier alpha value is -1.46. The van der Waals surface area contributed by atoms with Gasteiger partial charge >= 0.3 is 0 Å². The van der Waals surface area contributed by atoms with Crippen LogP contribution in [0.25, 0.3) is 11.1 Å². The maximum atomic E-state index is 4.30. The molecule has 4 nitrogen and oxygen atoms in total. The van der Waals surface area contributed by atoms with Crippen LogP contribution in [0.2, 0.25) is 0 Å². The second-order valence-corrected chi connectivity index (χ2v) is 4.66. The molecule has 0 saturated heterocycles.